The number of nitrogens with zero attached hydrogens (tertiary/aromatic N) is 3. The Morgan fingerprint density at radius 3 is 2.56 bits per heavy atom. The average Bonchev–Trinajstić information content (AvgIpc) is 2.69. The molecule has 1 aromatic heterocycles. The van der Waals surface area contributed by atoms with Crippen LogP contribution in [0.3, 0.4) is 0 Å². The smallest absolute Gasteiger partial charge is 0.171 e. The third-order valence-corrected chi connectivity index (χ3v) is 4.78. The van der Waals surface area contributed by atoms with Gasteiger partial charge in [-0.3, -0.25) is 4.90 Å². The van der Waals surface area contributed by atoms with E-state index in [1.54, 1.807) is 7.11 Å². The highest BCUT2D eigenvalue weighted by molar-refractivity contribution is 5.52. The van der Waals surface area contributed by atoms with E-state index in [1.807, 2.05) is 48.7 Å². The molecule has 1 aliphatic heterocycles. The Hall–Kier alpha value is -2.11. The van der Waals surface area contributed by atoms with Crippen molar-refractivity contribution < 1.29 is 9.84 Å². The maximum atomic E-state index is 10.2. The van der Waals surface area contributed by atoms with Gasteiger partial charge < -0.3 is 14.7 Å². The fraction of sp³-hybridized carbons (Fsp3) is 0.450. The van der Waals surface area contributed by atoms with Crippen molar-refractivity contribution in [1.82, 2.24) is 9.88 Å². The molecular formula is C20H27N3O2. The summed E-state index contributed by atoms with van der Waals surface area (Å²) in [6.45, 7) is 4.96. The number of anilines is 1. The molecule has 25 heavy (non-hydrogen) atoms. The van der Waals surface area contributed by atoms with Gasteiger partial charge in [0.1, 0.15) is 0 Å². The molecule has 3 rings (SSSR count). The van der Waals surface area contributed by atoms with Crippen LogP contribution in [0.25, 0.3) is 0 Å². The number of hydrogen-bond donors (Lipinski definition) is 1. The Labute approximate surface area is 149 Å². The molecule has 0 radical (unpaired) electrons. The van der Waals surface area contributed by atoms with Gasteiger partial charge in [-0.2, -0.15) is 0 Å². The van der Waals surface area contributed by atoms with Gasteiger partial charge in [0.25, 0.3) is 0 Å². The molecule has 0 aliphatic carbocycles. The van der Waals surface area contributed by atoms with Crippen molar-refractivity contribution >= 4 is 5.82 Å². The van der Waals surface area contributed by atoms with Gasteiger partial charge in [-0.25, -0.2) is 4.98 Å². The number of hydrogen-bond acceptors (Lipinski definition) is 5. The van der Waals surface area contributed by atoms with E-state index in [1.165, 1.54) is 0 Å². The standard InChI is InChI=1S/C20H27N3O2/c1-25-19-10-5-11-21-20(19)23-15-13-22(14-16-23)12-6-9-18(24)17-7-3-2-4-8-17/h2-5,7-8,10-11,18,24H,6,9,12-16H2,1H3. The first-order valence-corrected chi connectivity index (χ1v) is 8.97. The van der Waals surface area contributed by atoms with Crippen LogP contribution >= 0.6 is 0 Å². The second-order valence-corrected chi connectivity index (χ2v) is 6.43. The van der Waals surface area contributed by atoms with Crippen molar-refractivity contribution in [2.24, 2.45) is 0 Å². The summed E-state index contributed by atoms with van der Waals surface area (Å²) in [5.41, 5.74) is 1.01. The Kier molecular flexibility index (Phi) is 6.25. The van der Waals surface area contributed by atoms with Crippen molar-refractivity contribution in [3.8, 4) is 5.75 Å². The number of pyridine rings is 1. The first-order chi connectivity index (χ1) is 12.3. The summed E-state index contributed by atoms with van der Waals surface area (Å²) < 4.78 is 5.41. The molecule has 0 bridgehead atoms. The van der Waals surface area contributed by atoms with Crippen molar-refractivity contribution in [3.05, 3.63) is 54.2 Å². The van der Waals surface area contributed by atoms with Crippen LogP contribution in [0.2, 0.25) is 0 Å². The highest BCUT2D eigenvalue weighted by Gasteiger charge is 2.20. The minimum absolute atomic E-state index is 0.361. The number of ether oxygens (including phenoxy) is 1. The van der Waals surface area contributed by atoms with Gasteiger partial charge in [0.2, 0.25) is 0 Å². The first-order valence-electron chi connectivity index (χ1n) is 8.97. The summed E-state index contributed by atoms with van der Waals surface area (Å²) >= 11 is 0. The minimum Gasteiger partial charge on any atom is -0.493 e. The van der Waals surface area contributed by atoms with E-state index in [-0.39, 0.29) is 6.10 Å². The summed E-state index contributed by atoms with van der Waals surface area (Å²) in [4.78, 5) is 9.21. The monoisotopic (exact) mass is 341 g/mol. The van der Waals surface area contributed by atoms with Crippen LogP contribution in [0, 0.1) is 0 Å². The minimum atomic E-state index is -0.361. The number of aliphatic hydroxyl groups excluding tert-OH is 1. The van der Waals surface area contributed by atoms with Crippen LogP contribution < -0.4 is 9.64 Å². The van der Waals surface area contributed by atoms with Crippen LogP contribution in [0.5, 0.6) is 5.75 Å². The third kappa shape index (κ3) is 4.71. The quantitative estimate of drug-likeness (QED) is 0.839. The molecule has 1 N–H and O–H groups in total. The molecule has 1 fully saturated rings. The molecule has 1 aliphatic rings. The zero-order valence-corrected chi connectivity index (χ0v) is 14.8. The predicted molar refractivity (Wildman–Crippen MR) is 100 cm³/mol. The molecule has 1 unspecified atom stereocenters. The summed E-state index contributed by atoms with van der Waals surface area (Å²) in [5, 5.41) is 10.2. The van der Waals surface area contributed by atoms with Crippen LogP contribution in [-0.4, -0.2) is 54.8 Å². The fourth-order valence-electron chi connectivity index (χ4n) is 3.31. The molecule has 1 aromatic carbocycles. The Morgan fingerprint density at radius 2 is 1.84 bits per heavy atom. The van der Waals surface area contributed by atoms with Crippen LogP contribution in [0.15, 0.2) is 48.7 Å². The second kappa shape index (κ2) is 8.83. The van der Waals surface area contributed by atoms with E-state index in [0.29, 0.717) is 0 Å². The van der Waals surface area contributed by atoms with E-state index in [0.717, 1.165) is 62.7 Å². The van der Waals surface area contributed by atoms with E-state index >= 15 is 0 Å². The van der Waals surface area contributed by atoms with Gasteiger partial charge in [-0.05, 0) is 37.1 Å². The Balaban J connectivity index is 1.42. The van der Waals surface area contributed by atoms with Gasteiger partial charge in [-0.15, -0.1) is 0 Å². The number of aliphatic hydroxyl groups is 1. The Morgan fingerprint density at radius 1 is 1.08 bits per heavy atom. The lowest BCUT2D eigenvalue weighted by atomic mass is 10.0. The lowest BCUT2D eigenvalue weighted by molar-refractivity contribution is 0.154. The van der Waals surface area contributed by atoms with Crippen molar-refractivity contribution in [2.75, 3.05) is 44.7 Å². The molecule has 5 nitrogen and oxygen atoms in total. The van der Waals surface area contributed by atoms with Gasteiger partial charge in [-0.1, -0.05) is 30.3 Å². The van der Waals surface area contributed by atoms with Crippen LogP contribution in [0.1, 0.15) is 24.5 Å². The summed E-state index contributed by atoms with van der Waals surface area (Å²) in [6, 6.07) is 13.8. The third-order valence-electron chi connectivity index (χ3n) is 4.78. The van der Waals surface area contributed by atoms with Crippen molar-refractivity contribution in [1.29, 1.82) is 0 Å². The summed E-state index contributed by atoms with van der Waals surface area (Å²) in [7, 11) is 1.69. The highest BCUT2D eigenvalue weighted by Crippen LogP contribution is 2.25. The summed E-state index contributed by atoms with van der Waals surface area (Å²) in [5.74, 6) is 1.77. The second-order valence-electron chi connectivity index (χ2n) is 6.43. The van der Waals surface area contributed by atoms with E-state index < -0.39 is 0 Å². The van der Waals surface area contributed by atoms with Crippen molar-refractivity contribution in [2.45, 2.75) is 18.9 Å². The predicted octanol–water partition coefficient (Wildman–Crippen LogP) is 2.73. The van der Waals surface area contributed by atoms with Gasteiger partial charge in [0.05, 0.1) is 13.2 Å². The number of methoxy groups -OCH3 is 1. The maximum Gasteiger partial charge on any atom is 0.171 e. The number of piperazine rings is 1. The molecule has 2 heterocycles. The number of benzene rings is 1. The normalized spacial score (nSPS) is 16.6. The van der Waals surface area contributed by atoms with E-state index in [9.17, 15) is 5.11 Å². The first kappa shape index (κ1) is 17.7. The zero-order valence-electron chi connectivity index (χ0n) is 14.8. The fourth-order valence-corrected chi connectivity index (χ4v) is 3.31. The van der Waals surface area contributed by atoms with Gasteiger partial charge in [0.15, 0.2) is 11.6 Å². The summed E-state index contributed by atoms with van der Waals surface area (Å²) in [6.07, 6.45) is 3.26. The maximum absolute atomic E-state index is 10.2. The van der Waals surface area contributed by atoms with Gasteiger partial charge in [0, 0.05) is 32.4 Å². The topological polar surface area (TPSA) is 48.8 Å². The van der Waals surface area contributed by atoms with E-state index in [4.69, 9.17) is 4.74 Å². The molecule has 1 atom stereocenters. The molecule has 1 saturated heterocycles. The lowest BCUT2D eigenvalue weighted by Crippen LogP contribution is -2.47. The van der Waals surface area contributed by atoms with E-state index in [2.05, 4.69) is 14.8 Å². The number of rotatable bonds is 7. The molecular weight excluding hydrogens is 314 g/mol. The lowest BCUT2D eigenvalue weighted by Gasteiger charge is -2.35. The molecule has 0 spiro atoms. The van der Waals surface area contributed by atoms with Crippen LogP contribution in [-0.2, 0) is 0 Å². The largest absolute Gasteiger partial charge is 0.493 e. The average molecular weight is 341 g/mol. The molecule has 0 saturated carbocycles. The molecule has 5 heteroatoms. The highest BCUT2D eigenvalue weighted by atomic mass is 16.5. The molecule has 134 valence electrons. The van der Waals surface area contributed by atoms with Crippen LogP contribution in [0.4, 0.5) is 5.82 Å². The number of aromatic nitrogens is 1. The Bertz CT molecular complexity index is 642. The SMILES string of the molecule is COc1cccnc1N1CCN(CCCC(O)c2ccccc2)CC1. The zero-order chi connectivity index (χ0) is 17.5. The molecule has 2 aromatic rings. The van der Waals surface area contributed by atoms with Crippen molar-refractivity contribution in [3.63, 3.8) is 0 Å². The molecule has 0 amide bonds. The van der Waals surface area contributed by atoms with Gasteiger partial charge >= 0.3 is 0 Å².